The molecule has 0 aromatic heterocycles. The fraction of sp³-hybridized carbons (Fsp3) is 0.900. The first-order valence-electron chi connectivity index (χ1n) is 5.69. The Kier molecular flexibility index (Phi) is 4.52. The SMILES string of the molecule is FC(F)(F)SCCN=C1NC2CCCC2CS1. The van der Waals surface area contributed by atoms with Crippen LogP contribution in [0.15, 0.2) is 4.99 Å². The fourth-order valence-electron chi connectivity index (χ4n) is 2.21. The van der Waals surface area contributed by atoms with Gasteiger partial charge in [0.1, 0.15) is 0 Å². The van der Waals surface area contributed by atoms with Crippen LogP contribution in [0.2, 0.25) is 0 Å². The van der Waals surface area contributed by atoms with Gasteiger partial charge in [-0.15, -0.1) is 0 Å². The van der Waals surface area contributed by atoms with Gasteiger partial charge in [-0.25, -0.2) is 0 Å². The molecule has 1 N–H and O–H groups in total. The summed E-state index contributed by atoms with van der Waals surface area (Å²) in [7, 11) is 0. The number of nitrogens with one attached hydrogen (secondary N) is 1. The predicted molar refractivity (Wildman–Crippen MR) is 67.5 cm³/mol. The number of halogens is 3. The van der Waals surface area contributed by atoms with Gasteiger partial charge in [0, 0.05) is 17.5 Å². The van der Waals surface area contributed by atoms with E-state index in [1.54, 1.807) is 11.8 Å². The molecule has 1 aliphatic carbocycles. The molecule has 98 valence electrons. The number of rotatable bonds is 3. The largest absolute Gasteiger partial charge is 0.441 e. The fourth-order valence-corrected chi connectivity index (χ4v) is 3.81. The smallest absolute Gasteiger partial charge is 0.362 e. The van der Waals surface area contributed by atoms with Crippen molar-refractivity contribution >= 4 is 28.7 Å². The molecule has 2 atom stereocenters. The minimum atomic E-state index is -4.14. The Morgan fingerprint density at radius 3 is 3.00 bits per heavy atom. The van der Waals surface area contributed by atoms with E-state index < -0.39 is 5.51 Å². The van der Waals surface area contributed by atoms with Crippen LogP contribution in [0.1, 0.15) is 19.3 Å². The minimum Gasteiger partial charge on any atom is -0.362 e. The average Bonchev–Trinajstić information content (AvgIpc) is 2.70. The van der Waals surface area contributed by atoms with E-state index >= 15 is 0 Å². The van der Waals surface area contributed by atoms with Gasteiger partial charge in [0.05, 0.1) is 6.54 Å². The van der Waals surface area contributed by atoms with Crippen molar-refractivity contribution in [1.29, 1.82) is 0 Å². The van der Waals surface area contributed by atoms with Gasteiger partial charge in [-0.2, -0.15) is 13.2 Å². The highest BCUT2D eigenvalue weighted by molar-refractivity contribution is 8.13. The molecular formula is C10H15F3N2S2. The first-order chi connectivity index (χ1) is 8.04. The number of thioether (sulfide) groups is 2. The van der Waals surface area contributed by atoms with Gasteiger partial charge in [-0.05, 0) is 30.5 Å². The van der Waals surface area contributed by atoms with Gasteiger partial charge in [-0.3, -0.25) is 4.99 Å². The summed E-state index contributed by atoms with van der Waals surface area (Å²) in [6.07, 6.45) is 3.68. The summed E-state index contributed by atoms with van der Waals surface area (Å²) in [5.41, 5.74) is -4.14. The van der Waals surface area contributed by atoms with E-state index in [9.17, 15) is 13.2 Å². The van der Waals surface area contributed by atoms with Crippen molar-refractivity contribution in [2.75, 3.05) is 18.1 Å². The van der Waals surface area contributed by atoms with Crippen molar-refractivity contribution in [1.82, 2.24) is 5.32 Å². The van der Waals surface area contributed by atoms with E-state index in [-0.39, 0.29) is 24.1 Å². The third-order valence-electron chi connectivity index (χ3n) is 3.01. The Balaban J connectivity index is 1.71. The zero-order valence-electron chi connectivity index (χ0n) is 9.29. The van der Waals surface area contributed by atoms with Crippen molar-refractivity contribution in [3.63, 3.8) is 0 Å². The van der Waals surface area contributed by atoms with E-state index in [4.69, 9.17) is 0 Å². The molecule has 1 heterocycles. The maximum absolute atomic E-state index is 11.9. The standard InChI is InChI=1S/C10H15F3N2S2/c11-10(12,13)17-5-4-14-9-15-8-3-1-2-7(8)6-16-9/h7-8H,1-6H2,(H,14,15). The summed E-state index contributed by atoms with van der Waals surface area (Å²) in [6.45, 7) is 0.233. The molecule has 0 aromatic rings. The molecule has 0 bridgehead atoms. The highest BCUT2D eigenvalue weighted by Gasteiger charge is 2.32. The third kappa shape index (κ3) is 4.28. The molecule has 0 radical (unpaired) electrons. The molecule has 2 nitrogen and oxygen atoms in total. The van der Waals surface area contributed by atoms with Crippen LogP contribution in [0.5, 0.6) is 0 Å². The van der Waals surface area contributed by atoms with Crippen LogP contribution in [0.25, 0.3) is 0 Å². The molecule has 2 unspecified atom stereocenters. The highest BCUT2D eigenvalue weighted by atomic mass is 32.2. The molecule has 0 spiro atoms. The Morgan fingerprint density at radius 2 is 2.24 bits per heavy atom. The summed E-state index contributed by atoms with van der Waals surface area (Å²) in [5, 5.41) is 4.17. The molecule has 17 heavy (non-hydrogen) atoms. The average molecular weight is 284 g/mol. The summed E-state index contributed by atoms with van der Waals surface area (Å²) in [4.78, 5) is 4.19. The third-order valence-corrected chi connectivity index (χ3v) is 4.84. The maximum Gasteiger partial charge on any atom is 0.441 e. The first-order valence-corrected chi connectivity index (χ1v) is 7.66. The van der Waals surface area contributed by atoms with Crippen LogP contribution in [0.4, 0.5) is 13.2 Å². The lowest BCUT2D eigenvalue weighted by molar-refractivity contribution is -0.0327. The highest BCUT2D eigenvalue weighted by Crippen LogP contribution is 2.33. The van der Waals surface area contributed by atoms with E-state index in [1.165, 1.54) is 19.3 Å². The van der Waals surface area contributed by atoms with Crippen molar-refractivity contribution in [3.05, 3.63) is 0 Å². The molecule has 1 saturated carbocycles. The second-order valence-corrected chi connectivity index (χ2v) is 6.40. The lowest BCUT2D eigenvalue weighted by atomic mass is 10.1. The van der Waals surface area contributed by atoms with Crippen LogP contribution in [-0.2, 0) is 0 Å². The summed E-state index contributed by atoms with van der Waals surface area (Å²) >= 11 is 1.64. The lowest BCUT2D eigenvalue weighted by Crippen LogP contribution is -2.41. The van der Waals surface area contributed by atoms with Gasteiger partial charge < -0.3 is 5.32 Å². The minimum absolute atomic E-state index is 0.00253. The summed E-state index contributed by atoms with van der Waals surface area (Å²) < 4.78 is 35.7. The van der Waals surface area contributed by atoms with Crippen LogP contribution < -0.4 is 5.32 Å². The Hall–Kier alpha value is -0.0400. The Morgan fingerprint density at radius 1 is 1.41 bits per heavy atom. The van der Waals surface area contributed by atoms with Crippen molar-refractivity contribution < 1.29 is 13.2 Å². The number of aliphatic imine (C=N–C) groups is 1. The van der Waals surface area contributed by atoms with Crippen LogP contribution in [0.3, 0.4) is 0 Å². The van der Waals surface area contributed by atoms with Crippen molar-refractivity contribution in [2.45, 2.75) is 30.8 Å². The number of hydrogen-bond donors (Lipinski definition) is 1. The lowest BCUT2D eigenvalue weighted by Gasteiger charge is -2.28. The molecule has 2 fully saturated rings. The summed E-state index contributed by atoms with van der Waals surface area (Å²) in [5.74, 6) is 1.79. The van der Waals surface area contributed by atoms with Crippen LogP contribution in [0, 0.1) is 5.92 Å². The Bertz CT molecular complexity index is 294. The molecule has 0 aromatic carbocycles. The first kappa shape index (κ1) is 13.4. The van der Waals surface area contributed by atoms with Crippen molar-refractivity contribution in [2.24, 2.45) is 10.9 Å². The van der Waals surface area contributed by atoms with Crippen molar-refractivity contribution in [3.8, 4) is 0 Å². The van der Waals surface area contributed by atoms with Gasteiger partial charge >= 0.3 is 5.51 Å². The summed E-state index contributed by atoms with van der Waals surface area (Å²) in [6, 6.07) is 0.505. The second kappa shape index (κ2) is 5.73. The van der Waals surface area contributed by atoms with Crippen LogP contribution in [-0.4, -0.2) is 34.8 Å². The van der Waals surface area contributed by atoms with E-state index in [2.05, 4.69) is 10.3 Å². The number of alkyl halides is 3. The normalized spacial score (nSPS) is 31.4. The van der Waals surface area contributed by atoms with Gasteiger partial charge in [-0.1, -0.05) is 18.2 Å². The molecule has 0 amide bonds. The molecule has 1 aliphatic heterocycles. The van der Waals surface area contributed by atoms with E-state index in [0.29, 0.717) is 6.04 Å². The molecule has 2 aliphatic rings. The zero-order valence-corrected chi connectivity index (χ0v) is 10.9. The molecule has 7 heteroatoms. The molecular weight excluding hydrogens is 269 g/mol. The van der Waals surface area contributed by atoms with E-state index in [0.717, 1.165) is 16.8 Å². The van der Waals surface area contributed by atoms with Gasteiger partial charge in [0.15, 0.2) is 5.17 Å². The van der Waals surface area contributed by atoms with Crippen LogP contribution >= 0.6 is 23.5 Å². The number of nitrogens with zero attached hydrogens (tertiary/aromatic N) is 1. The maximum atomic E-state index is 11.9. The molecule has 1 saturated heterocycles. The zero-order chi connectivity index (χ0) is 12.3. The monoisotopic (exact) mass is 284 g/mol. The number of amidine groups is 1. The van der Waals surface area contributed by atoms with Gasteiger partial charge in [0.2, 0.25) is 0 Å². The molecule has 2 rings (SSSR count). The quantitative estimate of drug-likeness (QED) is 0.806. The second-order valence-electron chi connectivity index (χ2n) is 4.23. The predicted octanol–water partition coefficient (Wildman–Crippen LogP) is 3.10. The topological polar surface area (TPSA) is 24.4 Å². The van der Waals surface area contributed by atoms with Gasteiger partial charge in [0.25, 0.3) is 0 Å². The van der Waals surface area contributed by atoms with E-state index in [1.807, 2.05) is 0 Å². The number of hydrogen-bond acceptors (Lipinski definition) is 3. The number of fused-ring (bicyclic) bond motifs is 1. The Labute approximate surface area is 107 Å².